The van der Waals surface area contributed by atoms with E-state index in [-0.39, 0.29) is 13.2 Å². The van der Waals surface area contributed by atoms with Gasteiger partial charge in [0.15, 0.2) is 12.2 Å². The van der Waals surface area contributed by atoms with Crippen LogP contribution in [0.1, 0.15) is 6.92 Å². The standard InChI is InChI=1S/C16H25N5O10/c1-6-20-9-11(24)14(8(5-22)30-15(9)28-6)31-16-13(26)12(25)10(23)7(29-16)4-19-27-3-2-18-21-17/h4,7-16,22-26H,2-3,5H2,1H3/b19-4-/t7?,8?,9?,10-,11+,12-,13?,14+,15-,16-/m0/s1. The van der Waals surface area contributed by atoms with E-state index in [9.17, 15) is 25.5 Å². The zero-order valence-corrected chi connectivity index (χ0v) is 16.5. The highest BCUT2D eigenvalue weighted by Gasteiger charge is 2.52. The van der Waals surface area contributed by atoms with Gasteiger partial charge in [0.05, 0.1) is 19.4 Å². The molecular weight excluding hydrogens is 422 g/mol. The second kappa shape index (κ2) is 10.5. The minimum Gasteiger partial charge on any atom is -0.450 e. The van der Waals surface area contributed by atoms with Crippen molar-refractivity contribution in [2.75, 3.05) is 19.8 Å². The molecule has 2 saturated heterocycles. The molecule has 3 aliphatic heterocycles. The van der Waals surface area contributed by atoms with E-state index in [1.165, 1.54) is 0 Å². The highest BCUT2D eigenvalue weighted by molar-refractivity contribution is 5.75. The molecule has 3 aliphatic rings. The van der Waals surface area contributed by atoms with Gasteiger partial charge in [-0.05, 0) is 5.53 Å². The zero-order valence-electron chi connectivity index (χ0n) is 16.5. The summed E-state index contributed by atoms with van der Waals surface area (Å²) in [5.41, 5.74) is 8.19. The Kier molecular flexibility index (Phi) is 7.99. The molecule has 5 N–H and O–H groups in total. The summed E-state index contributed by atoms with van der Waals surface area (Å²) in [6.45, 7) is 1.06. The van der Waals surface area contributed by atoms with Gasteiger partial charge in [-0.3, -0.25) is 0 Å². The van der Waals surface area contributed by atoms with Crippen LogP contribution in [0.3, 0.4) is 0 Å². The Morgan fingerprint density at radius 2 is 1.94 bits per heavy atom. The second-order valence-electron chi connectivity index (χ2n) is 7.06. The largest absolute Gasteiger partial charge is 0.450 e. The van der Waals surface area contributed by atoms with Gasteiger partial charge in [0.2, 0.25) is 6.29 Å². The lowest BCUT2D eigenvalue weighted by molar-refractivity contribution is -0.330. The molecule has 0 aromatic carbocycles. The SMILES string of the molecule is CC1=NC2[C@@H](O1)OC(CO)[C@@H](O[C@@H]1OC(/C=N\OCCN=[N+]=[N-])[C@H](O)[C@H](O)C1O)[C@@H]2O. The van der Waals surface area contributed by atoms with Crippen molar-refractivity contribution in [1.29, 1.82) is 0 Å². The monoisotopic (exact) mass is 447 g/mol. The van der Waals surface area contributed by atoms with Crippen LogP contribution in [-0.4, -0.2) is 119 Å². The molecule has 174 valence electrons. The highest BCUT2D eigenvalue weighted by Crippen LogP contribution is 2.32. The zero-order chi connectivity index (χ0) is 22.5. The van der Waals surface area contributed by atoms with Crippen molar-refractivity contribution in [3.63, 3.8) is 0 Å². The quantitative estimate of drug-likeness (QED) is 0.0651. The van der Waals surface area contributed by atoms with Crippen LogP contribution in [0.4, 0.5) is 0 Å². The Balaban J connectivity index is 1.67. The number of hydrogen-bond donors (Lipinski definition) is 5. The number of aliphatic hydroxyl groups is 5. The van der Waals surface area contributed by atoms with Gasteiger partial charge in [-0.2, -0.15) is 0 Å². The first kappa shape index (κ1) is 23.6. The number of aliphatic imine (C=N–C) groups is 1. The predicted molar refractivity (Wildman–Crippen MR) is 99.7 cm³/mol. The van der Waals surface area contributed by atoms with Gasteiger partial charge >= 0.3 is 0 Å². The summed E-state index contributed by atoms with van der Waals surface area (Å²) in [6, 6.07) is -0.814. The van der Waals surface area contributed by atoms with Crippen LogP contribution in [0.25, 0.3) is 10.4 Å². The molecule has 3 rings (SSSR count). The van der Waals surface area contributed by atoms with Crippen molar-refractivity contribution < 1.29 is 49.3 Å². The molecule has 0 amide bonds. The van der Waals surface area contributed by atoms with Gasteiger partial charge < -0.3 is 49.3 Å². The molecule has 15 nitrogen and oxygen atoms in total. The Labute approximate surface area is 176 Å². The second-order valence-corrected chi connectivity index (χ2v) is 7.06. The molecular formula is C16H25N5O10. The van der Waals surface area contributed by atoms with Crippen LogP contribution in [0.5, 0.6) is 0 Å². The molecule has 0 spiro atoms. The number of azide groups is 1. The fourth-order valence-corrected chi connectivity index (χ4v) is 3.41. The van der Waals surface area contributed by atoms with E-state index in [2.05, 4.69) is 20.2 Å². The topological polar surface area (TPSA) is 221 Å². The Bertz CT molecular complexity index is 719. The predicted octanol–water partition coefficient (Wildman–Crippen LogP) is -2.61. The van der Waals surface area contributed by atoms with E-state index < -0.39 is 68.0 Å². The van der Waals surface area contributed by atoms with Crippen molar-refractivity contribution in [2.45, 2.75) is 68.3 Å². The van der Waals surface area contributed by atoms with E-state index in [4.69, 9.17) is 29.3 Å². The van der Waals surface area contributed by atoms with E-state index in [1.807, 2.05) is 0 Å². The van der Waals surface area contributed by atoms with Gasteiger partial charge in [-0.25, -0.2) is 4.99 Å². The summed E-state index contributed by atoms with van der Waals surface area (Å²) in [6.07, 6.45) is -11.0. The molecule has 2 fully saturated rings. The number of oxime groups is 1. The van der Waals surface area contributed by atoms with Crippen molar-refractivity contribution in [3.8, 4) is 0 Å². The van der Waals surface area contributed by atoms with Crippen molar-refractivity contribution in [1.82, 2.24) is 0 Å². The molecule has 0 aromatic rings. The summed E-state index contributed by atoms with van der Waals surface area (Å²) in [5.74, 6) is 0.302. The summed E-state index contributed by atoms with van der Waals surface area (Å²) in [5, 5.41) is 57.7. The third-order valence-electron chi connectivity index (χ3n) is 4.96. The van der Waals surface area contributed by atoms with Crippen LogP contribution in [-0.2, 0) is 23.8 Å². The smallest absolute Gasteiger partial charge is 0.227 e. The van der Waals surface area contributed by atoms with Crippen LogP contribution >= 0.6 is 0 Å². The van der Waals surface area contributed by atoms with E-state index >= 15 is 0 Å². The molecule has 0 bridgehead atoms. The molecule has 3 heterocycles. The summed E-state index contributed by atoms with van der Waals surface area (Å²) < 4.78 is 22.0. The van der Waals surface area contributed by atoms with Gasteiger partial charge in [-0.1, -0.05) is 10.3 Å². The number of hydrogen-bond acceptors (Lipinski definition) is 13. The van der Waals surface area contributed by atoms with Crippen LogP contribution in [0, 0.1) is 0 Å². The average molecular weight is 447 g/mol. The number of aliphatic hydroxyl groups excluding tert-OH is 5. The van der Waals surface area contributed by atoms with Crippen LogP contribution in [0.2, 0.25) is 0 Å². The lowest BCUT2D eigenvalue weighted by atomic mass is 9.96. The highest BCUT2D eigenvalue weighted by atomic mass is 16.7. The summed E-state index contributed by atoms with van der Waals surface area (Å²) >= 11 is 0. The third-order valence-corrected chi connectivity index (χ3v) is 4.96. The maximum Gasteiger partial charge on any atom is 0.227 e. The molecule has 0 aliphatic carbocycles. The lowest BCUT2D eigenvalue weighted by Gasteiger charge is -2.44. The molecule has 10 atom stereocenters. The Morgan fingerprint density at radius 3 is 2.65 bits per heavy atom. The fraction of sp³-hybridized carbons (Fsp3) is 0.875. The van der Waals surface area contributed by atoms with Gasteiger partial charge in [-0.15, -0.1) is 0 Å². The Hall–Kier alpha value is -2.07. The molecule has 0 radical (unpaired) electrons. The normalized spacial score (nSPS) is 42.5. The average Bonchev–Trinajstić information content (AvgIpc) is 3.14. The molecule has 31 heavy (non-hydrogen) atoms. The number of nitrogens with zero attached hydrogens (tertiary/aromatic N) is 5. The van der Waals surface area contributed by atoms with E-state index in [1.54, 1.807) is 6.92 Å². The fourth-order valence-electron chi connectivity index (χ4n) is 3.41. The third kappa shape index (κ3) is 5.23. The first-order valence-corrected chi connectivity index (χ1v) is 9.54. The molecule has 15 heteroatoms. The first-order valence-electron chi connectivity index (χ1n) is 9.54. The maximum absolute atomic E-state index is 10.7. The van der Waals surface area contributed by atoms with Crippen LogP contribution in [0.15, 0.2) is 15.3 Å². The van der Waals surface area contributed by atoms with Crippen molar-refractivity contribution in [3.05, 3.63) is 10.4 Å². The molecule has 4 unspecified atom stereocenters. The Morgan fingerprint density at radius 1 is 1.16 bits per heavy atom. The number of ether oxygens (including phenoxy) is 4. The van der Waals surface area contributed by atoms with E-state index in [0.29, 0.717) is 5.90 Å². The minimum absolute atomic E-state index is 0.0250. The number of rotatable bonds is 8. The first-order chi connectivity index (χ1) is 14.9. The summed E-state index contributed by atoms with van der Waals surface area (Å²) in [4.78, 5) is 11.5. The summed E-state index contributed by atoms with van der Waals surface area (Å²) in [7, 11) is 0. The van der Waals surface area contributed by atoms with Crippen LogP contribution < -0.4 is 0 Å². The molecule has 0 aromatic heterocycles. The van der Waals surface area contributed by atoms with Crippen molar-refractivity contribution in [2.24, 2.45) is 15.3 Å². The maximum atomic E-state index is 10.7. The van der Waals surface area contributed by atoms with Crippen molar-refractivity contribution >= 4 is 12.1 Å². The van der Waals surface area contributed by atoms with Gasteiger partial charge in [0.25, 0.3) is 0 Å². The van der Waals surface area contributed by atoms with Gasteiger partial charge in [0, 0.05) is 11.8 Å². The molecule has 0 saturated carbocycles. The minimum atomic E-state index is -1.68. The van der Waals surface area contributed by atoms with Gasteiger partial charge in [0.1, 0.15) is 55.4 Å². The number of fused-ring (bicyclic) bond motifs is 1. The lowest BCUT2D eigenvalue weighted by Crippen LogP contribution is -2.63. The van der Waals surface area contributed by atoms with E-state index in [0.717, 1.165) is 6.21 Å².